The van der Waals surface area contributed by atoms with Crippen LogP contribution >= 0.6 is 12.2 Å². The number of methoxy groups -OCH3 is 1. The molecule has 9 heteroatoms. The van der Waals surface area contributed by atoms with Gasteiger partial charge in [-0.2, -0.15) is 0 Å². The van der Waals surface area contributed by atoms with Gasteiger partial charge < -0.3 is 24.8 Å². The van der Waals surface area contributed by atoms with Gasteiger partial charge in [0.05, 0.1) is 6.61 Å². The van der Waals surface area contributed by atoms with Crippen molar-refractivity contribution in [3.63, 3.8) is 0 Å². The summed E-state index contributed by atoms with van der Waals surface area (Å²) < 4.78 is 16.1. The number of amides is 2. The molecule has 0 aliphatic rings. The SMILES string of the molecule is COCCNC(=O)c1ccc(NC(=S)NC(=O)c2ccc(OCCOc3ccccc3)cc2)cc1. The van der Waals surface area contributed by atoms with Gasteiger partial charge in [0.15, 0.2) is 5.11 Å². The summed E-state index contributed by atoms with van der Waals surface area (Å²) in [5, 5.41) is 8.45. The lowest BCUT2D eigenvalue weighted by Crippen LogP contribution is -2.34. The molecule has 3 aromatic rings. The highest BCUT2D eigenvalue weighted by atomic mass is 32.1. The maximum absolute atomic E-state index is 12.5. The largest absolute Gasteiger partial charge is 0.490 e. The Hall–Kier alpha value is -3.95. The van der Waals surface area contributed by atoms with Crippen molar-refractivity contribution < 1.29 is 23.8 Å². The number of thiocarbonyl (C=S) groups is 1. The van der Waals surface area contributed by atoms with E-state index in [1.807, 2.05) is 30.3 Å². The number of nitrogens with one attached hydrogen (secondary N) is 3. The van der Waals surface area contributed by atoms with Crippen LogP contribution in [0.3, 0.4) is 0 Å². The minimum Gasteiger partial charge on any atom is -0.490 e. The van der Waals surface area contributed by atoms with Crippen molar-refractivity contribution in [1.29, 1.82) is 0 Å². The van der Waals surface area contributed by atoms with Gasteiger partial charge in [-0.25, -0.2) is 0 Å². The molecule has 0 aliphatic heterocycles. The number of anilines is 1. The second-order valence-corrected chi connectivity index (χ2v) is 7.68. The maximum Gasteiger partial charge on any atom is 0.257 e. The monoisotopic (exact) mass is 493 g/mol. The molecule has 3 N–H and O–H groups in total. The average molecular weight is 494 g/mol. The Bertz CT molecular complexity index is 1110. The first-order valence-electron chi connectivity index (χ1n) is 11.0. The lowest BCUT2D eigenvalue weighted by molar-refractivity contribution is 0.0935. The van der Waals surface area contributed by atoms with Crippen molar-refractivity contribution in [2.24, 2.45) is 0 Å². The Labute approximate surface area is 209 Å². The minimum absolute atomic E-state index is 0.144. The summed E-state index contributed by atoms with van der Waals surface area (Å²) in [6.45, 7) is 1.66. The van der Waals surface area contributed by atoms with E-state index in [2.05, 4.69) is 16.0 Å². The van der Waals surface area contributed by atoms with Crippen LogP contribution in [0.1, 0.15) is 20.7 Å². The predicted molar refractivity (Wildman–Crippen MR) is 138 cm³/mol. The molecule has 0 aromatic heterocycles. The standard InChI is InChI=1S/C26H27N3O5S/c1-32-16-15-27-24(30)19-7-11-21(12-8-19)28-26(35)29-25(31)20-9-13-23(14-10-20)34-18-17-33-22-5-3-2-4-6-22/h2-14H,15-18H2,1H3,(H,27,30)(H2,28,29,31,35). The lowest BCUT2D eigenvalue weighted by atomic mass is 10.2. The molecule has 3 rings (SSSR count). The van der Waals surface area contributed by atoms with Crippen molar-refractivity contribution in [1.82, 2.24) is 10.6 Å². The number of hydrogen-bond donors (Lipinski definition) is 3. The van der Waals surface area contributed by atoms with Crippen LogP contribution in [-0.2, 0) is 4.74 Å². The van der Waals surface area contributed by atoms with Gasteiger partial charge in [-0.3, -0.25) is 14.9 Å². The third-order valence-corrected chi connectivity index (χ3v) is 4.91. The quantitative estimate of drug-likeness (QED) is 0.277. The van der Waals surface area contributed by atoms with Crippen LogP contribution in [0, 0.1) is 0 Å². The van der Waals surface area contributed by atoms with Crippen LogP contribution in [0.4, 0.5) is 5.69 Å². The van der Waals surface area contributed by atoms with Crippen LogP contribution < -0.4 is 25.4 Å². The number of carbonyl (C=O) groups excluding carboxylic acids is 2. The fourth-order valence-corrected chi connectivity index (χ4v) is 3.16. The first kappa shape index (κ1) is 25.7. The molecule has 0 unspecified atom stereocenters. The molecular weight excluding hydrogens is 466 g/mol. The third kappa shape index (κ3) is 8.73. The molecule has 0 spiro atoms. The minimum atomic E-state index is -0.351. The maximum atomic E-state index is 12.5. The van der Waals surface area contributed by atoms with E-state index in [1.54, 1.807) is 55.6 Å². The molecule has 0 saturated heterocycles. The Morgan fingerprint density at radius 1 is 0.743 bits per heavy atom. The zero-order valence-corrected chi connectivity index (χ0v) is 20.1. The van der Waals surface area contributed by atoms with Crippen LogP contribution in [-0.4, -0.2) is 50.4 Å². The first-order valence-corrected chi connectivity index (χ1v) is 11.4. The van der Waals surface area contributed by atoms with Crippen molar-refractivity contribution in [3.8, 4) is 11.5 Å². The van der Waals surface area contributed by atoms with Crippen molar-refractivity contribution >= 4 is 34.8 Å². The number of carbonyl (C=O) groups is 2. The zero-order chi connectivity index (χ0) is 24.9. The molecule has 0 atom stereocenters. The Kier molecular flexibility index (Phi) is 10.0. The van der Waals surface area contributed by atoms with E-state index in [0.717, 1.165) is 5.75 Å². The highest BCUT2D eigenvalue weighted by molar-refractivity contribution is 7.80. The Morgan fingerprint density at radius 2 is 1.31 bits per heavy atom. The molecule has 8 nitrogen and oxygen atoms in total. The number of ether oxygens (including phenoxy) is 3. The molecular formula is C26H27N3O5S. The molecule has 2 amide bonds. The summed E-state index contributed by atoms with van der Waals surface area (Å²) in [5.74, 6) is 0.869. The van der Waals surface area contributed by atoms with E-state index in [4.69, 9.17) is 26.4 Å². The summed E-state index contributed by atoms with van der Waals surface area (Å²) >= 11 is 5.23. The fourth-order valence-electron chi connectivity index (χ4n) is 2.95. The normalized spacial score (nSPS) is 10.2. The molecule has 0 fully saturated rings. The topological polar surface area (TPSA) is 97.9 Å². The van der Waals surface area contributed by atoms with E-state index < -0.39 is 0 Å². The molecule has 0 saturated carbocycles. The highest BCUT2D eigenvalue weighted by Gasteiger charge is 2.09. The van der Waals surface area contributed by atoms with Gasteiger partial charge in [-0.15, -0.1) is 0 Å². The van der Waals surface area contributed by atoms with Crippen LogP contribution in [0.5, 0.6) is 11.5 Å². The highest BCUT2D eigenvalue weighted by Crippen LogP contribution is 2.14. The molecule has 182 valence electrons. The summed E-state index contributed by atoms with van der Waals surface area (Å²) in [6, 6.07) is 23.0. The van der Waals surface area contributed by atoms with Crippen LogP contribution in [0.25, 0.3) is 0 Å². The second-order valence-electron chi connectivity index (χ2n) is 7.27. The smallest absolute Gasteiger partial charge is 0.257 e. The Morgan fingerprint density at radius 3 is 1.94 bits per heavy atom. The van der Waals surface area contributed by atoms with E-state index in [1.165, 1.54) is 0 Å². The number of rotatable bonds is 11. The van der Waals surface area contributed by atoms with Gasteiger partial charge >= 0.3 is 0 Å². The molecule has 0 aliphatic carbocycles. The average Bonchev–Trinajstić information content (AvgIpc) is 2.88. The first-order chi connectivity index (χ1) is 17.0. The van der Waals surface area contributed by atoms with Gasteiger partial charge in [-0.05, 0) is 72.9 Å². The molecule has 0 radical (unpaired) electrons. The van der Waals surface area contributed by atoms with E-state index in [9.17, 15) is 9.59 Å². The van der Waals surface area contributed by atoms with Gasteiger partial charge in [0.2, 0.25) is 0 Å². The number of benzene rings is 3. The van der Waals surface area contributed by atoms with Crippen LogP contribution in [0.2, 0.25) is 0 Å². The van der Waals surface area contributed by atoms with E-state index in [0.29, 0.717) is 48.9 Å². The molecule has 0 bridgehead atoms. The zero-order valence-electron chi connectivity index (χ0n) is 19.3. The third-order valence-electron chi connectivity index (χ3n) is 4.70. The lowest BCUT2D eigenvalue weighted by Gasteiger charge is -2.11. The molecule has 35 heavy (non-hydrogen) atoms. The van der Waals surface area contributed by atoms with Gasteiger partial charge in [0.1, 0.15) is 24.7 Å². The summed E-state index contributed by atoms with van der Waals surface area (Å²) in [5.41, 5.74) is 1.59. The Balaban J connectivity index is 1.41. The predicted octanol–water partition coefficient (Wildman–Crippen LogP) is 3.65. The van der Waals surface area contributed by atoms with Crippen molar-refractivity contribution in [2.45, 2.75) is 0 Å². The second kappa shape index (κ2) is 13.7. The van der Waals surface area contributed by atoms with Crippen molar-refractivity contribution in [2.75, 3.05) is 38.8 Å². The van der Waals surface area contributed by atoms with Crippen molar-refractivity contribution in [3.05, 3.63) is 90.0 Å². The van der Waals surface area contributed by atoms with Gasteiger partial charge in [0.25, 0.3) is 11.8 Å². The van der Waals surface area contributed by atoms with Gasteiger partial charge in [0, 0.05) is 30.5 Å². The number of para-hydroxylation sites is 1. The summed E-state index contributed by atoms with van der Waals surface area (Å²) in [4.78, 5) is 24.5. The van der Waals surface area contributed by atoms with Crippen LogP contribution in [0.15, 0.2) is 78.9 Å². The van der Waals surface area contributed by atoms with E-state index >= 15 is 0 Å². The molecule has 0 heterocycles. The number of hydrogen-bond acceptors (Lipinski definition) is 6. The van der Waals surface area contributed by atoms with Gasteiger partial charge in [-0.1, -0.05) is 18.2 Å². The fraction of sp³-hybridized carbons (Fsp3) is 0.192. The van der Waals surface area contributed by atoms with E-state index in [-0.39, 0.29) is 16.9 Å². The summed E-state index contributed by atoms with van der Waals surface area (Å²) in [7, 11) is 1.57. The molecule has 3 aromatic carbocycles. The summed E-state index contributed by atoms with van der Waals surface area (Å²) in [6.07, 6.45) is 0.